The van der Waals surface area contributed by atoms with E-state index in [9.17, 15) is 14.3 Å². The normalized spacial score (nSPS) is 30.2. The van der Waals surface area contributed by atoms with Gasteiger partial charge in [-0.15, -0.1) is 0 Å². The molecule has 0 aromatic heterocycles. The van der Waals surface area contributed by atoms with Gasteiger partial charge in [-0.3, -0.25) is 4.79 Å². The van der Waals surface area contributed by atoms with Gasteiger partial charge in [-0.05, 0) is 36.3 Å². The fourth-order valence-corrected chi connectivity index (χ4v) is 6.90. The first-order valence-corrected chi connectivity index (χ1v) is 10.8. The van der Waals surface area contributed by atoms with E-state index in [1.54, 1.807) is 12.1 Å². The predicted molar refractivity (Wildman–Crippen MR) is 105 cm³/mol. The van der Waals surface area contributed by atoms with E-state index in [1.807, 2.05) is 39.0 Å². The molecule has 0 spiro atoms. The van der Waals surface area contributed by atoms with E-state index in [4.69, 9.17) is 9.32 Å². The number of fused-ring (bicyclic) bond motifs is 2. The zero-order valence-corrected chi connectivity index (χ0v) is 17.8. The third-order valence-corrected chi connectivity index (χ3v) is 8.14. The van der Waals surface area contributed by atoms with Gasteiger partial charge in [0, 0.05) is 11.0 Å². The van der Waals surface area contributed by atoms with Gasteiger partial charge in [-0.2, -0.15) is 5.26 Å². The average Bonchev–Trinajstić information content (AvgIpc) is 2.95. The van der Waals surface area contributed by atoms with Crippen LogP contribution in [-0.2, 0) is 25.2 Å². The van der Waals surface area contributed by atoms with E-state index in [1.165, 1.54) is 0 Å². The lowest BCUT2D eigenvalue weighted by Crippen LogP contribution is -2.42. The molecule has 3 rings (SSSR count). The quantitative estimate of drug-likeness (QED) is 0.284. The van der Waals surface area contributed by atoms with Crippen molar-refractivity contribution < 1.29 is 18.3 Å². The Balaban J connectivity index is 1.65. The van der Waals surface area contributed by atoms with Crippen LogP contribution >= 0.6 is 15.9 Å². The number of carbonyl (C=O) groups excluding carboxylic acids is 1. The number of hydrogen-bond donors (Lipinski definition) is 0. The minimum Gasteiger partial charge on any atom is -0.298 e. The molecule has 144 valence electrons. The number of aryl methyl sites for hydroxylation is 1. The molecule has 0 heterocycles. The minimum absolute atomic E-state index is 0.0175. The summed E-state index contributed by atoms with van der Waals surface area (Å²) in [7, 11) is 0. The molecule has 2 bridgehead atoms. The topological polar surface area (TPSA) is 88.8 Å². The number of nitriles is 1. The smallest absolute Gasteiger partial charge is 0.203 e. The van der Waals surface area contributed by atoms with Gasteiger partial charge in [0.05, 0.1) is 10.6 Å². The highest BCUT2D eigenvalue weighted by molar-refractivity contribution is 9.10. The summed E-state index contributed by atoms with van der Waals surface area (Å²) in [4.78, 5) is 17.2. The van der Waals surface area contributed by atoms with Crippen molar-refractivity contribution in [2.24, 2.45) is 21.9 Å². The number of alkyl halides is 1. The van der Waals surface area contributed by atoms with Crippen molar-refractivity contribution in [3.63, 3.8) is 0 Å². The van der Waals surface area contributed by atoms with Crippen molar-refractivity contribution in [1.29, 1.82) is 5.26 Å². The van der Waals surface area contributed by atoms with Crippen LogP contribution in [-0.4, -0.2) is 26.3 Å². The highest BCUT2D eigenvalue weighted by Gasteiger charge is 2.68. The van der Waals surface area contributed by atoms with Gasteiger partial charge in [0.1, 0.15) is 6.07 Å². The largest absolute Gasteiger partial charge is 0.298 e. The van der Waals surface area contributed by atoms with Crippen LogP contribution in [0.1, 0.15) is 37.8 Å². The average molecular weight is 453 g/mol. The van der Waals surface area contributed by atoms with Crippen LogP contribution in [0.25, 0.3) is 0 Å². The van der Waals surface area contributed by atoms with Crippen LogP contribution < -0.4 is 0 Å². The second kappa shape index (κ2) is 7.46. The molecule has 0 N–H and O–H groups in total. The van der Waals surface area contributed by atoms with Crippen molar-refractivity contribution in [1.82, 2.24) is 0 Å². The van der Waals surface area contributed by atoms with Crippen molar-refractivity contribution in [2.75, 3.05) is 5.75 Å². The Morgan fingerprint density at radius 1 is 1.41 bits per heavy atom. The molecular weight excluding hydrogens is 432 g/mol. The fraction of sp³-hybridized carbons (Fsp3) is 0.526. The zero-order valence-electron chi connectivity index (χ0n) is 15.4. The standard InChI is InChI=1S/C19H21BrN2O4S/c1-12-4-6-13(7-5-12)15(10-21)22-25-26-27(24)11-19-9-8-14(18(19,2)3)16(20)17(19)23/h4-7,14,16H,8-9,11H2,1-3H3/b22-15+. The first-order valence-electron chi connectivity index (χ1n) is 8.69. The summed E-state index contributed by atoms with van der Waals surface area (Å²) in [5.74, 6) is 0.369. The van der Waals surface area contributed by atoms with Gasteiger partial charge in [0.2, 0.25) is 11.1 Å². The predicted octanol–water partition coefficient (Wildman–Crippen LogP) is 3.60. The minimum atomic E-state index is -1.86. The van der Waals surface area contributed by atoms with Gasteiger partial charge in [-0.25, -0.2) is 9.20 Å². The van der Waals surface area contributed by atoms with Crippen LogP contribution in [0.5, 0.6) is 0 Å². The lowest BCUT2D eigenvalue weighted by atomic mass is 9.70. The van der Waals surface area contributed by atoms with Gasteiger partial charge in [-0.1, -0.05) is 63.9 Å². The first-order chi connectivity index (χ1) is 12.7. The Morgan fingerprint density at radius 3 is 2.63 bits per heavy atom. The molecule has 4 unspecified atom stereocenters. The lowest BCUT2D eigenvalue weighted by Gasteiger charge is -2.35. The first kappa shape index (κ1) is 20.2. The molecule has 0 amide bonds. The number of Topliss-reactive ketones (excluding diaryl/α,β-unsaturated/α-hetero) is 1. The molecule has 2 saturated carbocycles. The molecule has 2 fully saturated rings. The molecular formula is C19H21BrN2O4S. The molecule has 0 saturated heterocycles. The second-order valence-electron chi connectivity index (χ2n) is 7.72. The molecule has 27 heavy (non-hydrogen) atoms. The number of halogens is 1. The Labute approximate surface area is 169 Å². The van der Waals surface area contributed by atoms with Crippen LogP contribution in [0.15, 0.2) is 29.4 Å². The molecule has 8 heteroatoms. The third-order valence-electron chi connectivity index (χ3n) is 6.15. The van der Waals surface area contributed by atoms with Crippen molar-refractivity contribution in [3.05, 3.63) is 35.4 Å². The number of rotatable bonds is 6. The lowest BCUT2D eigenvalue weighted by molar-refractivity contribution is -0.197. The highest BCUT2D eigenvalue weighted by Crippen LogP contribution is 2.65. The molecule has 0 aliphatic heterocycles. The Morgan fingerprint density at radius 2 is 2.07 bits per heavy atom. The van der Waals surface area contributed by atoms with Crippen LogP contribution in [0.2, 0.25) is 0 Å². The molecule has 1 aromatic carbocycles. The maximum atomic E-state index is 12.7. The summed E-state index contributed by atoms with van der Waals surface area (Å²) in [6, 6.07) is 9.10. The second-order valence-corrected chi connectivity index (χ2v) is 9.74. The number of oxime groups is 1. The molecule has 0 radical (unpaired) electrons. The van der Waals surface area contributed by atoms with Crippen molar-refractivity contribution in [3.8, 4) is 6.07 Å². The van der Waals surface area contributed by atoms with E-state index in [0.717, 1.165) is 12.0 Å². The molecule has 2 aliphatic carbocycles. The van der Waals surface area contributed by atoms with E-state index in [-0.39, 0.29) is 33.4 Å². The van der Waals surface area contributed by atoms with Crippen LogP contribution in [0, 0.1) is 35.0 Å². The number of nitrogens with zero attached hydrogens (tertiary/aromatic N) is 2. The summed E-state index contributed by atoms with van der Waals surface area (Å²) >= 11 is 1.63. The Bertz CT molecular complexity index is 846. The SMILES string of the molecule is Cc1ccc(/C(C#N)=N/OOS(=O)CC23CCC(C(Br)C2=O)C3(C)C)cc1. The molecule has 1 aromatic rings. The summed E-state index contributed by atoms with van der Waals surface area (Å²) in [5, 5.41) is 12.9. The fourth-order valence-electron chi connectivity index (χ4n) is 4.33. The maximum absolute atomic E-state index is 12.7. The Hall–Kier alpha value is -1.56. The summed E-state index contributed by atoms with van der Waals surface area (Å²) in [6.07, 6.45) is 1.60. The van der Waals surface area contributed by atoms with Crippen LogP contribution in [0.4, 0.5) is 0 Å². The number of hydrogen-bond acceptors (Lipinski definition) is 6. The molecule has 4 atom stereocenters. The van der Waals surface area contributed by atoms with Gasteiger partial charge in [0.25, 0.3) is 0 Å². The number of benzene rings is 1. The Kier molecular flexibility index (Phi) is 5.57. The summed E-state index contributed by atoms with van der Waals surface area (Å²) < 4.78 is 17.3. The summed E-state index contributed by atoms with van der Waals surface area (Å²) in [6.45, 7) is 6.03. The van der Waals surface area contributed by atoms with E-state index < -0.39 is 16.5 Å². The van der Waals surface area contributed by atoms with E-state index in [2.05, 4.69) is 21.1 Å². The van der Waals surface area contributed by atoms with E-state index >= 15 is 0 Å². The third kappa shape index (κ3) is 3.37. The van der Waals surface area contributed by atoms with Gasteiger partial charge < -0.3 is 0 Å². The van der Waals surface area contributed by atoms with Crippen molar-refractivity contribution in [2.45, 2.75) is 38.4 Å². The van der Waals surface area contributed by atoms with E-state index in [0.29, 0.717) is 12.0 Å². The number of carbonyl (C=O) groups is 1. The summed E-state index contributed by atoms with van der Waals surface area (Å²) in [5.41, 5.74) is 0.684. The zero-order chi connectivity index (χ0) is 19.8. The number of ketones is 1. The van der Waals surface area contributed by atoms with Gasteiger partial charge >= 0.3 is 0 Å². The van der Waals surface area contributed by atoms with Gasteiger partial charge in [0.15, 0.2) is 11.5 Å². The van der Waals surface area contributed by atoms with Crippen LogP contribution in [0.3, 0.4) is 0 Å². The highest BCUT2D eigenvalue weighted by atomic mass is 79.9. The molecule has 6 nitrogen and oxygen atoms in total. The van der Waals surface area contributed by atoms with Crippen molar-refractivity contribution >= 4 is 38.5 Å². The maximum Gasteiger partial charge on any atom is 0.203 e. The monoisotopic (exact) mass is 452 g/mol. The molecule has 2 aliphatic rings.